The topological polar surface area (TPSA) is 104 Å². The standard InChI is InChI=1S/C23H27N3O6S/c1-15-9-11-26(12-10-15)33(27,28)18-7-5-16(6-8-18)22-24-23(32-25-22)17-13-19(29-2)21(31-4)20(14-17)30-3/h5-8,13-15H,9-12H2,1-4H3. The Kier molecular flexibility index (Phi) is 6.57. The molecule has 0 aliphatic carbocycles. The predicted molar refractivity (Wildman–Crippen MR) is 122 cm³/mol. The Morgan fingerprint density at radius 3 is 2.09 bits per heavy atom. The minimum absolute atomic E-state index is 0.258. The molecule has 3 aromatic rings. The van der Waals surface area contributed by atoms with Gasteiger partial charge in [-0.05, 0) is 55.2 Å². The van der Waals surface area contributed by atoms with Gasteiger partial charge in [0.2, 0.25) is 21.6 Å². The maximum absolute atomic E-state index is 12.9. The molecule has 10 heteroatoms. The van der Waals surface area contributed by atoms with Crippen molar-refractivity contribution in [1.29, 1.82) is 0 Å². The quantitative estimate of drug-likeness (QED) is 0.510. The molecule has 4 rings (SSSR count). The van der Waals surface area contributed by atoms with E-state index in [1.165, 1.54) is 21.3 Å². The third-order valence-corrected chi connectivity index (χ3v) is 7.74. The van der Waals surface area contributed by atoms with Crippen molar-refractivity contribution < 1.29 is 27.2 Å². The lowest BCUT2D eigenvalue weighted by Crippen LogP contribution is -2.37. The van der Waals surface area contributed by atoms with E-state index in [9.17, 15) is 8.42 Å². The summed E-state index contributed by atoms with van der Waals surface area (Å²) in [7, 11) is 1.07. The molecule has 0 amide bonds. The second kappa shape index (κ2) is 9.40. The molecule has 0 radical (unpaired) electrons. The summed E-state index contributed by atoms with van der Waals surface area (Å²) in [6.45, 7) is 3.25. The molecular weight excluding hydrogens is 446 g/mol. The van der Waals surface area contributed by atoms with E-state index in [1.807, 2.05) is 0 Å². The van der Waals surface area contributed by atoms with Gasteiger partial charge in [0.1, 0.15) is 0 Å². The molecule has 0 N–H and O–H groups in total. The molecule has 176 valence electrons. The molecule has 33 heavy (non-hydrogen) atoms. The Morgan fingerprint density at radius 2 is 1.55 bits per heavy atom. The molecule has 0 bridgehead atoms. The highest BCUT2D eigenvalue weighted by Gasteiger charge is 2.28. The van der Waals surface area contributed by atoms with Gasteiger partial charge in [-0.15, -0.1) is 0 Å². The molecule has 9 nitrogen and oxygen atoms in total. The highest BCUT2D eigenvalue weighted by molar-refractivity contribution is 7.89. The van der Waals surface area contributed by atoms with Gasteiger partial charge in [0.15, 0.2) is 11.5 Å². The zero-order valence-corrected chi connectivity index (χ0v) is 19.9. The van der Waals surface area contributed by atoms with E-state index in [0.29, 0.717) is 53.2 Å². The molecule has 2 aromatic carbocycles. The van der Waals surface area contributed by atoms with Gasteiger partial charge in [0, 0.05) is 24.2 Å². The van der Waals surface area contributed by atoms with Gasteiger partial charge < -0.3 is 18.7 Å². The van der Waals surface area contributed by atoms with Gasteiger partial charge in [-0.1, -0.05) is 12.1 Å². The lowest BCUT2D eigenvalue weighted by Gasteiger charge is -2.29. The number of ether oxygens (including phenoxy) is 3. The van der Waals surface area contributed by atoms with Crippen LogP contribution in [-0.2, 0) is 10.0 Å². The fraction of sp³-hybridized carbons (Fsp3) is 0.391. The van der Waals surface area contributed by atoms with Gasteiger partial charge in [-0.3, -0.25) is 0 Å². The smallest absolute Gasteiger partial charge is 0.258 e. The number of hydrogen-bond donors (Lipinski definition) is 0. The van der Waals surface area contributed by atoms with Crippen molar-refractivity contribution in [3.63, 3.8) is 0 Å². The summed E-state index contributed by atoms with van der Waals surface area (Å²) in [6.07, 6.45) is 1.76. The summed E-state index contributed by atoms with van der Waals surface area (Å²) in [6, 6.07) is 9.96. The largest absolute Gasteiger partial charge is 0.493 e. The lowest BCUT2D eigenvalue weighted by molar-refractivity contribution is 0.288. The molecule has 0 unspecified atom stereocenters. The van der Waals surface area contributed by atoms with Crippen molar-refractivity contribution in [1.82, 2.24) is 14.4 Å². The predicted octanol–water partition coefficient (Wildman–Crippen LogP) is 3.85. The van der Waals surface area contributed by atoms with E-state index in [4.69, 9.17) is 18.7 Å². The number of hydrogen-bond acceptors (Lipinski definition) is 8. The Balaban J connectivity index is 1.58. The first-order valence-electron chi connectivity index (χ1n) is 10.6. The van der Waals surface area contributed by atoms with Gasteiger partial charge in [0.25, 0.3) is 5.89 Å². The van der Waals surface area contributed by atoms with Crippen LogP contribution in [0.1, 0.15) is 19.8 Å². The number of methoxy groups -OCH3 is 3. The van der Waals surface area contributed by atoms with Crippen LogP contribution in [0.4, 0.5) is 0 Å². The van der Waals surface area contributed by atoms with E-state index in [0.717, 1.165) is 12.8 Å². The van der Waals surface area contributed by atoms with Crippen LogP contribution < -0.4 is 14.2 Å². The molecule has 2 heterocycles. The van der Waals surface area contributed by atoms with Crippen LogP contribution >= 0.6 is 0 Å². The highest BCUT2D eigenvalue weighted by atomic mass is 32.2. The first kappa shape index (κ1) is 23.1. The Labute approximate surface area is 193 Å². The minimum Gasteiger partial charge on any atom is -0.493 e. The Morgan fingerprint density at radius 1 is 0.939 bits per heavy atom. The summed E-state index contributed by atoms with van der Waals surface area (Å²) in [5.41, 5.74) is 1.24. The maximum atomic E-state index is 12.9. The maximum Gasteiger partial charge on any atom is 0.258 e. The molecular formula is C23H27N3O6S. The number of piperidine rings is 1. The third-order valence-electron chi connectivity index (χ3n) is 5.83. The fourth-order valence-corrected chi connectivity index (χ4v) is 5.28. The number of sulfonamides is 1. The minimum atomic E-state index is -3.51. The summed E-state index contributed by atoms with van der Waals surface area (Å²) < 4.78 is 49.0. The van der Waals surface area contributed by atoms with E-state index >= 15 is 0 Å². The second-order valence-electron chi connectivity index (χ2n) is 7.95. The van der Waals surface area contributed by atoms with Crippen molar-refractivity contribution in [2.24, 2.45) is 5.92 Å². The van der Waals surface area contributed by atoms with Crippen LogP contribution in [0.3, 0.4) is 0 Å². The summed E-state index contributed by atoms with van der Waals surface area (Å²) in [4.78, 5) is 4.72. The number of rotatable bonds is 7. The number of benzene rings is 2. The lowest BCUT2D eigenvalue weighted by atomic mass is 10.0. The van der Waals surface area contributed by atoms with Gasteiger partial charge in [-0.25, -0.2) is 8.42 Å². The molecule has 0 atom stereocenters. The van der Waals surface area contributed by atoms with E-state index in [1.54, 1.807) is 40.7 Å². The second-order valence-corrected chi connectivity index (χ2v) is 9.89. The fourth-order valence-electron chi connectivity index (χ4n) is 3.81. The molecule has 0 saturated carbocycles. The first-order chi connectivity index (χ1) is 15.9. The van der Waals surface area contributed by atoms with Gasteiger partial charge in [-0.2, -0.15) is 9.29 Å². The average molecular weight is 474 g/mol. The first-order valence-corrected chi connectivity index (χ1v) is 12.1. The van der Waals surface area contributed by atoms with Gasteiger partial charge in [0.05, 0.1) is 26.2 Å². The van der Waals surface area contributed by atoms with Crippen LogP contribution in [0.5, 0.6) is 17.2 Å². The summed E-state index contributed by atoms with van der Waals surface area (Å²) in [5.74, 6) is 2.56. The summed E-state index contributed by atoms with van der Waals surface area (Å²) >= 11 is 0. The Bertz CT molecular complexity index is 1190. The van der Waals surface area contributed by atoms with Crippen molar-refractivity contribution in [3.05, 3.63) is 36.4 Å². The highest BCUT2D eigenvalue weighted by Crippen LogP contribution is 2.41. The van der Waals surface area contributed by atoms with E-state index in [2.05, 4.69) is 17.1 Å². The van der Waals surface area contributed by atoms with Crippen LogP contribution in [-0.4, -0.2) is 57.3 Å². The third kappa shape index (κ3) is 4.53. The molecule has 1 aliphatic rings. The average Bonchev–Trinajstić information content (AvgIpc) is 3.34. The SMILES string of the molecule is COc1cc(-c2nc(-c3ccc(S(=O)(=O)N4CCC(C)CC4)cc3)no2)cc(OC)c1OC. The molecule has 1 aliphatic heterocycles. The van der Waals surface area contributed by atoms with Crippen LogP contribution in [0.15, 0.2) is 45.8 Å². The number of aromatic nitrogens is 2. The molecule has 1 saturated heterocycles. The monoisotopic (exact) mass is 473 g/mol. The van der Waals surface area contributed by atoms with E-state index < -0.39 is 10.0 Å². The molecule has 0 spiro atoms. The molecule has 1 aromatic heterocycles. The summed E-state index contributed by atoms with van der Waals surface area (Å²) in [5, 5.41) is 4.05. The van der Waals surface area contributed by atoms with Crippen LogP contribution in [0, 0.1) is 5.92 Å². The van der Waals surface area contributed by atoms with Crippen molar-refractivity contribution >= 4 is 10.0 Å². The normalized spacial score (nSPS) is 15.4. The Hall–Kier alpha value is -3.11. The number of nitrogens with zero attached hydrogens (tertiary/aromatic N) is 3. The van der Waals surface area contributed by atoms with Crippen molar-refractivity contribution in [2.45, 2.75) is 24.7 Å². The zero-order valence-electron chi connectivity index (χ0n) is 19.1. The van der Waals surface area contributed by atoms with Crippen LogP contribution in [0.2, 0.25) is 0 Å². The van der Waals surface area contributed by atoms with E-state index in [-0.39, 0.29) is 10.8 Å². The van der Waals surface area contributed by atoms with Crippen molar-refractivity contribution in [3.8, 4) is 40.1 Å². The van der Waals surface area contributed by atoms with Crippen LogP contribution in [0.25, 0.3) is 22.8 Å². The van der Waals surface area contributed by atoms with Gasteiger partial charge >= 0.3 is 0 Å². The van der Waals surface area contributed by atoms with Crippen molar-refractivity contribution in [2.75, 3.05) is 34.4 Å². The zero-order chi connectivity index (χ0) is 23.6. The molecule has 1 fully saturated rings.